The van der Waals surface area contributed by atoms with E-state index in [2.05, 4.69) is 10.3 Å². The van der Waals surface area contributed by atoms with Gasteiger partial charge in [-0.1, -0.05) is 47.5 Å². The maximum atomic E-state index is 12.5. The van der Waals surface area contributed by atoms with Crippen LogP contribution in [0.15, 0.2) is 73.1 Å². The second kappa shape index (κ2) is 9.51. The number of hydrogen-bond acceptors (Lipinski definition) is 3. The molecule has 27 heavy (non-hydrogen) atoms. The van der Waals surface area contributed by atoms with Crippen molar-refractivity contribution in [1.29, 1.82) is 0 Å². The number of amides is 1. The summed E-state index contributed by atoms with van der Waals surface area (Å²) in [5, 5.41) is 4.21. The van der Waals surface area contributed by atoms with Crippen molar-refractivity contribution in [3.8, 4) is 0 Å². The Balaban J connectivity index is 1.71. The number of hydrogen-bond donors (Lipinski definition) is 1. The maximum Gasteiger partial charge on any atom is 0.238 e. The van der Waals surface area contributed by atoms with Crippen molar-refractivity contribution >= 4 is 34.8 Å². The Labute approximate surface area is 168 Å². The Morgan fingerprint density at radius 3 is 2.44 bits per heavy atom. The number of benzene rings is 2. The van der Waals surface area contributed by atoms with E-state index in [1.165, 1.54) is 0 Å². The third-order valence-corrected chi connectivity index (χ3v) is 4.60. The Kier molecular flexibility index (Phi) is 6.82. The van der Waals surface area contributed by atoms with Crippen LogP contribution < -0.4 is 5.32 Å². The normalized spacial score (nSPS) is 10.8. The van der Waals surface area contributed by atoms with Gasteiger partial charge in [0.2, 0.25) is 5.91 Å². The molecule has 0 unspecified atom stereocenters. The molecule has 0 bridgehead atoms. The van der Waals surface area contributed by atoms with E-state index in [0.717, 1.165) is 11.1 Å². The van der Waals surface area contributed by atoms with Crippen LogP contribution in [-0.4, -0.2) is 22.3 Å². The molecule has 0 saturated carbocycles. The first-order chi connectivity index (χ1) is 13.1. The average Bonchev–Trinajstić information content (AvgIpc) is 2.66. The number of pyridine rings is 1. The Morgan fingerprint density at radius 2 is 1.74 bits per heavy atom. The molecule has 3 aromatic rings. The highest BCUT2D eigenvalue weighted by molar-refractivity contribution is 6.31. The third-order valence-electron chi connectivity index (χ3n) is 3.98. The summed E-state index contributed by atoms with van der Waals surface area (Å²) in [6.07, 6.45) is 3.53. The molecule has 0 aliphatic rings. The lowest BCUT2D eigenvalue weighted by molar-refractivity contribution is -0.117. The molecule has 0 radical (unpaired) electrons. The molecule has 1 N–H and O–H groups in total. The quantitative estimate of drug-likeness (QED) is 0.605. The Bertz CT molecular complexity index is 885. The number of carbonyl (C=O) groups is 1. The lowest BCUT2D eigenvalue weighted by Crippen LogP contribution is -2.32. The topological polar surface area (TPSA) is 45.2 Å². The van der Waals surface area contributed by atoms with Gasteiger partial charge in [0.25, 0.3) is 0 Å². The number of rotatable bonds is 7. The molecule has 0 saturated heterocycles. The second-order valence-corrected chi connectivity index (χ2v) is 7.00. The van der Waals surface area contributed by atoms with Crippen molar-refractivity contribution in [2.24, 2.45) is 0 Å². The lowest BCUT2D eigenvalue weighted by Gasteiger charge is -2.22. The van der Waals surface area contributed by atoms with Gasteiger partial charge in [-0.25, -0.2) is 0 Å². The van der Waals surface area contributed by atoms with E-state index in [1.807, 2.05) is 41.3 Å². The van der Waals surface area contributed by atoms with Gasteiger partial charge in [0.15, 0.2) is 0 Å². The van der Waals surface area contributed by atoms with Crippen LogP contribution in [0.2, 0.25) is 10.0 Å². The van der Waals surface area contributed by atoms with E-state index in [9.17, 15) is 4.79 Å². The SMILES string of the molecule is O=C(CN(Cc1cccnc1)Cc1ccccc1Cl)Nc1ccc(Cl)cc1. The van der Waals surface area contributed by atoms with Crippen LogP contribution in [0, 0.1) is 0 Å². The standard InChI is InChI=1S/C21H19Cl2N3O/c22-18-7-9-19(10-8-18)25-21(27)15-26(13-16-4-3-11-24-12-16)14-17-5-1-2-6-20(17)23/h1-12H,13-15H2,(H,25,27). The summed E-state index contributed by atoms with van der Waals surface area (Å²) >= 11 is 12.2. The first-order valence-corrected chi connectivity index (χ1v) is 9.26. The molecule has 1 aromatic heterocycles. The molecule has 138 valence electrons. The van der Waals surface area contributed by atoms with Gasteiger partial charge in [-0.2, -0.15) is 0 Å². The summed E-state index contributed by atoms with van der Waals surface area (Å²) in [4.78, 5) is 18.7. The number of carbonyl (C=O) groups excluding carboxylic acids is 1. The van der Waals surface area contributed by atoms with E-state index in [-0.39, 0.29) is 12.5 Å². The number of aromatic nitrogens is 1. The zero-order valence-electron chi connectivity index (χ0n) is 14.6. The number of halogens is 2. The van der Waals surface area contributed by atoms with Crippen LogP contribution in [0.25, 0.3) is 0 Å². The van der Waals surface area contributed by atoms with Gasteiger partial charge in [0, 0.05) is 41.2 Å². The van der Waals surface area contributed by atoms with Crippen molar-refractivity contribution in [3.05, 3.63) is 94.2 Å². The molecule has 0 aliphatic carbocycles. The minimum atomic E-state index is -0.103. The zero-order chi connectivity index (χ0) is 19.1. The average molecular weight is 400 g/mol. The summed E-state index contributed by atoms with van der Waals surface area (Å²) in [7, 11) is 0. The van der Waals surface area contributed by atoms with Crippen LogP contribution in [-0.2, 0) is 17.9 Å². The van der Waals surface area contributed by atoms with E-state index < -0.39 is 0 Å². The fraction of sp³-hybridized carbons (Fsp3) is 0.143. The highest BCUT2D eigenvalue weighted by Crippen LogP contribution is 2.19. The molecule has 0 atom stereocenters. The van der Waals surface area contributed by atoms with Gasteiger partial charge >= 0.3 is 0 Å². The molecule has 0 aliphatic heterocycles. The number of nitrogens with one attached hydrogen (secondary N) is 1. The van der Waals surface area contributed by atoms with E-state index in [4.69, 9.17) is 23.2 Å². The van der Waals surface area contributed by atoms with Crippen LogP contribution in [0.1, 0.15) is 11.1 Å². The van der Waals surface area contributed by atoms with Gasteiger partial charge in [-0.15, -0.1) is 0 Å². The molecule has 6 heteroatoms. The van der Waals surface area contributed by atoms with E-state index in [1.54, 1.807) is 36.7 Å². The largest absolute Gasteiger partial charge is 0.325 e. The Morgan fingerprint density at radius 1 is 0.963 bits per heavy atom. The number of anilines is 1. The number of nitrogens with zero attached hydrogens (tertiary/aromatic N) is 2. The molecule has 1 amide bonds. The van der Waals surface area contributed by atoms with Crippen molar-refractivity contribution in [1.82, 2.24) is 9.88 Å². The summed E-state index contributed by atoms with van der Waals surface area (Å²) in [5.41, 5.74) is 2.72. The highest BCUT2D eigenvalue weighted by Gasteiger charge is 2.14. The molecule has 0 fully saturated rings. The minimum absolute atomic E-state index is 0.103. The predicted molar refractivity (Wildman–Crippen MR) is 110 cm³/mol. The van der Waals surface area contributed by atoms with Gasteiger partial charge in [0.1, 0.15) is 0 Å². The van der Waals surface area contributed by atoms with Gasteiger partial charge in [-0.05, 0) is 47.5 Å². The second-order valence-electron chi connectivity index (χ2n) is 6.15. The summed E-state index contributed by atoms with van der Waals surface area (Å²) < 4.78 is 0. The van der Waals surface area contributed by atoms with Gasteiger partial charge in [-0.3, -0.25) is 14.7 Å². The smallest absolute Gasteiger partial charge is 0.238 e. The molecule has 3 rings (SSSR count). The van der Waals surface area contributed by atoms with Gasteiger partial charge in [0.05, 0.1) is 6.54 Å². The van der Waals surface area contributed by atoms with Crippen LogP contribution >= 0.6 is 23.2 Å². The Hall–Kier alpha value is -2.40. The molecule has 2 aromatic carbocycles. The van der Waals surface area contributed by atoms with Crippen LogP contribution in [0.4, 0.5) is 5.69 Å². The maximum absolute atomic E-state index is 12.5. The predicted octanol–water partition coefficient (Wildman–Crippen LogP) is 5.03. The first kappa shape index (κ1) is 19.4. The van der Waals surface area contributed by atoms with E-state index in [0.29, 0.717) is 28.8 Å². The molecular formula is C21H19Cl2N3O. The summed E-state index contributed by atoms with van der Waals surface area (Å²) in [6, 6.07) is 18.6. The molecular weight excluding hydrogens is 381 g/mol. The zero-order valence-corrected chi connectivity index (χ0v) is 16.1. The first-order valence-electron chi connectivity index (χ1n) is 8.50. The lowest BCUT2D eigenvalue weighted by atomic mass is 10.2. The van der Waals surface area contributed by atoms with Crippen molar-refractivity contribution in [3.63, 3.8) is 0 Å². The molecule has 0 spiro atoms. The van der Waals surface area contributed by atoms with Crippen molar-refractivity contribution in [2.45, 2.75) is 13.1 Å². The van der Waals surface area contributed by atoms with Crippen LogP contribution in [0.5, 0.6) is 0 Å². The molecule has 4 nitrogen and oxygen atoms in total. The summed E-state index contributed by atoms with van der Waals surface area (Å²) in [6.45, 7) is 1.37. The van der Waals surface area contributed by atoms with Crippen molar-refractivity contribution in [2.75, 3.05) is 11.9 Å². The van der Waals surface area contributed by atoms with Gasteiger partial charge < -0.3 is 5.32 Å². The monoisotopic (exact) mass is 399 g/mol. The van der Waals surface area contributed by atoms with E-state index >= 15 is 0 Å². The summed E-state index contributed by atoms with van der Waals surface area (Å²) in [5.74, 6) is -0.103. The fourth-order valence-electron chi connectivity index (χ4n) is 2.72. The highest BCUT2D eigenvalue weighted by atomic mass is 35.5. The fourth-order valence-corrected chi connectivity index (χ4v) is 3.04. The minimum Gasteiger partial charge on any atom is -0.325 e. The molecule has 1 heterocycles. The van der Waals surface area contributed by atoms with Crippen LogP contribution in [0.3, 0.4) is 0 Å². The van der Waals surface area contributed by atoms with Crippen molar-refractivity contribution < 1.29 is 4.79 Å². The third kappa shape index (κ3) is 6.07.